The van der Waals surface area contributed by atoms with Gasteiger partial charge < -0.3 is 9.64 Å². The molecule has 0 amide bonds. The summed E-state index contributed by atoms with van der Waals surface area (Å²) in [4.78, 5) is 2.62. The Labute approximate surface area is 160 Å². The van der Waals surface area contributed by atoms with Crippen LogP contribution in [0.15, 0.2) is 41.6 Å². The van der Waals surface area contributed by atoms with Crippen molar-refractivity contribution < 1.29 is 13.2 Å². The largest absolute Gasteiger partial charge is 0.372 e. The topological polar surface area (TPSA) is 67.7 Å². The second-order valence-electron chi connectivity index (χ2n) is 7.57. The molecule has 8 heteroatoms. The minimum atomic E-state index is -3.55. The standard InChI is InChI=1S/C19H26N4O3S/c1-16-4-5-17(23-9-3-8-20-23)14-18(16)27(24,25)22-10-6-19(7-11-22)15-21(2)12-13-26-19/h3-5,8-9,14H,6-7,10-13,15H2,1-2H3. The van der Waals surface area contributed by atoms with Gasteiger partial charge in [-0.25, -0.2) is 13.1 Å². The first-order valence-electron chi connectivity index (χ1n) is 9.33. The van der Waals surface area contributed by atoms with Crippen LogP contribution >= 0.6 is 0 Å². The molecule has 0 atom stereocenters. The lowest BCUT2D eigenvalue weighted by atomic mass is 9.90. The van der Waals surface area contributed by atoms with Crippen LogP contribution in [0.25, 0.3) is 5.69 Å². The van der Waals surface area contributed by atoms with Gasteiger partial charge in [-0.3, -0.25) is 0 Å². The number of hydrogen-bond donors (Lipinski definition) is 0. The van der Waals surface area contributed by atoms with Crippen molar-refractivity contribution in [3.8, 4) is 5.69 Å². The molecule has 27 heavy (non-hydrogen) atoms. The fourth-order valence-electron chi connectivity index (χ4n) is 4.04. The SMILES string of the molecule is Cc1ccc(-n2cccn2)cc1S(=O)(=O)N1CCC2(CC1)CN(C)CCO2. The van der Waals surface area contributed by atoms with Crippen molar-refractivity contribution in [3.63, 3.8) is 0 Å². The summed E-state index contributed by atoms with van der Waals surface area (Å²) in [5.41, 5.74) is 1.29. The van der Waals surface area contributed by atoms with Crippen LogP contribution in [0.5, 0.6) is 0 Å². The maximum Gasteiger partial charge on any atom is 0.243 e. The first-order valence-corrected chi connectivity index (χ1v) is 10.8. The van der Waals surface area contributed by atoms with Crippen molar-refractivity contribution in [2.75, 3.05) is 39.8 Å². The second-order valence-corrected chi connectivity index (χ2v) is 9.48. The number of aromatic nitrogens is 2. The summed E-state index contributed by atoms with van der Waals surface area (Å²) < 4.78 is 36.0. The van der Waals surface area contributed by atoms with Crippen molar-refractivity contribution >= 4 is 10.0 Å². The monoisotopic (exact) mass is 390 g/mol. The summed E-state index contributed by atoms with van der Waals surface area (Å²) in [6.45, 7) is 5.33. The fourth-order valence-corrected chi connectivity index (χ4v) is 5.73. The van der Waals surface area contributed by atoms with Crippen molar-refractivity contribution in [1.82, 2.24) is 19.0 Å². The zero-order chi connectivity index (χ0) is 19.1. The van der Waals surface area contributed by atoms with Crippen LogP contribution in [0.1, 0.15) is 18.4 Å². The number of hydrogen-bond acceptors (Lipinski definition) is 5. The van der Waals surface area contributed by atoms with Crippen LogP contribution in [0.4, 0.5) is 0 Å². The number of rotatable bonds is 3. The van der Waals surface area contributed by atoms with Gasteiger partial charge >= 0.3 is 0 Å². The molecule has 3 heterocycles. The van der Waals surface area contributed by atoms with Gasteiger partial charge in [-0.1, -0.05) is 6.07 Å². The first-order chi connectivity index (χ1) is 12.9. The predicted octanol–water partition coefficient (Wildman–Crippen LogP) is 1.67. The van der Waals surface area contributed by atoms with Crippen molar-refractivity contribution in [3.05, 3.63) is 42.2 Å². The number of benzene rings is 1. The van der Waals surface area contributed by atoms with E-state index in [0.717, 1.165) is 37.2 Å². The van der Waals surface area contributed by atoms with Gasteiger partial charge in [0.05, 0.1) is 22.8 Å². The predicted molar refractivity (Wildman–Crippen MR) is 102 cm³/mol. The van der Waals surface area contributed by atoms with E-state index < -0.39 is 10.0 Å². The maximum atomic E-state index is 13.3. The number of aryl methyl sites for hydroxylation is 1. The molecule has 1 spiro atoms. The van der Waals surface area contributed by atoms with Gasteiger partial charge in [-0.2, -0.15) is 9.40 Å². The zero-order valence-corrected chi connectivity index (χ0v) is 16.7. The Bertz CT molecular complexity index is 903. The molecule has 0 radical (unpaired) electrons. The van der Waals surface area contributed by atoms with Gasteiger partial charge in [0.25, 0.3) is 0 Å². The van der Waals surface area contributed by atoms with Crippen LogP contribution in [-0.4, -0.2) is 72.8 Å². The van der Waals surface area contributed by atoms with E-state index in [9.17, 15) is 8.42 Å². The molecule has 4 rings (SSSR count). The Kier molecular flexibility index (Phi) is 4.84. The molecule has 2 saturated heterocycles. The van der Waals surface area contributed by atoms with E-state index >= 15 is 0 Å². The van der Waals surface area contributed by atoms with E-state index in [-0.39, 0.29) is 5.60 Å². The van der Waals surface area contributed by atoms with E-state index in [1.807, 2.05) is 31.3 Å². The molecule has 0 saturated carbocycles. The highest BCUT2D eigenvalue weighted by Crippen LogP contribution is 2.33. The fraction of sp³-hybridized carbons (Fsp3) is 0.526. The van der Waals surface area contributed by atoms with Crippen molar-refractivity contribution in [1.29, 1.82) is 0 Å². The second kappa shape index (κ2) is 7.01. The summed E-state index contributed by atoms with van der Waals surface area (Å²) >= 11 is 0. The Morgan fingerprint density at radius 3 is 2.63 bits per heavy atom. The van der Waals surface area contributed by atoms with Crippen molar-refractivity contribution in [2.45, 2.75) is 30.3 Å². The lowest BCUT2D eigenvalue weighted by Gasteiger charge is -2.46. The molecule has 146 valence electrons. The number of sulfonamides is 1. The van der Waals surface area contributed by atoms with Crippen LogP contribution < -0.4 is 0 Å². The van der Waals surface area contributed by atoms with E-state index in [0.29, 0.717) is 24.6 Å². The molecular formula is C19H26N4O3S. The number of piperidine rings is 1. The molecular weight excluding hydrogens is 364 g/mol. The highest BCUT2D eigenvalue weighted by molar-refractivity contribution is 7.89. The normalized spacial score (nSPS) is 21.6. The zero-order valence-electron chi connectivity index (χ0n) is 15.8. The molecule has 2 aliphatic heterocycles. The molecule has 7 nitrogen and oxygen atoms in total. The smallest absolute Gasteiger partial charge is 0.243 e. The lowest BCUT2D eigenvalue weighted by Crippen LogP contribution is -2.56. The van der Waals surface area contributed by atoms with Crippen LogP contribution in [-0.2, 0) is 14.8 Å². The number of morpholine rings is 1. The molecule has 2 aromatic rings. The van der Waals surface area contributed by atoms with Gasteiger partial charge in [0.2, 0.25) is 10.0 Å². The third-order valence-electron chi connectivity index (χ3n) is 5.63. The van der Waals surface area contributed by atoms with E-state index in [4.69, 9.17) is 4.74 Å². The minimum Gasteiger partial charge on any atom is -0.372 e. The molecule has 0 unspecified atom stereocenters. The molecule has 1 aromatic carbocycles. The van der Waals surface area contributed by atoms with Gasteiger partial charge in [0, 0.05) is 38.6 Å². The molecule has 1 aromatic heterocycles. The third-order valence-corrected chi connectivity index (χ3v) is 7.67. The molecule has 2 aliphatic rings. The summed E-state index contributed by atoms with van der Waals surface area (Å²) in [6.07, 6.45) is 4.95. The lowest BCUT2D eigenvalue weighted by molar-refractivity contribution is -0.124. The summed E-state index contributed by atoms with van der Waals surface area (Å²) in [6, 6.07) is 7.26. The van der Waals surface area contributed by atoms with Gasteiger partial charge in [0.1, 0.15) is 0 Å². The Morgan fingerprint density at radius 1 is 1.19 bits per heavy atom. The molecule has 0 aliphatic carbocycles. The van der Waals surface area contributed by atoms with E-state index in [1.165, 1.54) is 0 Å². The van der Waals surface area contributed by atoms with Crippen LogP contribution in [0.2, 0.25) is 0 Å². The minimum absolute atomic E-state index is 0.203. The molecule has 2 fully saturated rings. The van der Waals surface area contributed by atoms with Crippen molar-refractivity contribution in [2.24, 2.45) is 0 Å². The highest BCUT2D eigenvalue weighted by Gasteiger charge is 2.41. The summed E-state index contributed by atoms with van der Waals surface area (Å²) in [5.74, 6) is 0. The number of likely N-dealkylation sites (N-methyl/N-ethyl adjacent to an activating group) is 1. The maximum absolute atomic E-state index is 13.3. The Hall–Kier alpha value is -1.74. The molecule has 0 N–H and O–H groups in total. The average molecular weight is 391 g/mol. The van der Waals surface area contributed by atoms with Crippen LogP contribution in [0, 0.1) is 6.92 Å². The van der Waals surface area contributed by atoms with Gasteiger partial charge in [-0.15, -0.1) is 0 Å². The van der Waals surface area contributed by atoms with Gasteiger partial charge in [0.15, 0.2) is 0 Å². The Balaban J connectivity index is 1.57. The first kappa shape index (κ1) is 18.6. The number of ether oxygens (including phenoxy) is 1. The number of nitrogens with zero attached hydrogens (tertiary/aromatic N) is 4. The summed E-state index contributed by atoms with van der Waals surface area (Å²) in [5, 5.41) is 4.20. The van der Waals surface area contributed by atoms with Gasteiger partial charge in [-0.05, 0) is 50.6 Å². The van der Waals surface area contributed by atoms with E-state index in [2.05, 4.69) is 17.0 Å². The quantitative estimate of drug-likeness (QED) is 0.797. The molecule has 0 bridgehead atoms. The highest BCUT2D eigenvalue weighted by atomic mass is 32.2. The Morgan fingerprint density at radius 2 is 1.96 bits per heavy atom. The van der Waals surface area contributed by atoms with E-state index in [1.54, 1.807) is 21.3 Å². The average Bonchev–Trinajstić information content (AvgIpc) is 3.17. The summed E-state index contributed by atoms with van der Waals surface area (Å²) in [7, 11) is -1.46. The van der Waals surface area contributed by atoms with Crippen LogP contribution in [0.3, 0.4) is 0 Å². The third kappa shape index (κ3) is 3.54.